The first-order valence-corrected chi connectivity index (χ1v) is 4.99. The van der Waals surface area contributed by atoms with Gasteiger partial charge in [-0.1, -0.05) is 0 Å². The first-order valence-electron chi connectivity index (χ1n) is 4.99. The van der Waals surface area contributed by atoms with E-state index < -0.39 is 5.97 Å². The number of hydrogen-bond acceptors (Lipinski definition) is 3. The number of carboxylic acids is 1. The van der Waals surface area contributed by atoms with Gasteiger partial charge < -0.3 is 21.1 Å². The van der Waals surface area contributed by atoms with Crippen molar-refractivity contribution >= 4 is 5.97 Å². The highest BCUT2D eigenvalue weighted by molar-refractivity contribution is 5.67. The predicted octanol–water partition coefficient (Wildman–Crippen LogP) is -0.0512. The van der Waals surface area contributed by atoms with Gasteiger partial charge in [-0.25, -0.2) is 0 Å². The number of hydrogen-bond donors (Lipinski definition) is 4. The summed E-state index contributed by atoms with van der Waals surface area (Å²) in [5.74, 6) is -0.853. The zero-order valence-electron chi connectivity index (χ0n) is 8.57. The standard InChI is InChI=1S/C10H17N3O2/c11-8(6-10(14)15)7-12-5-3-9-2-1-4-13-9/h1-2,4,8,12-13H,3,5-7,11H2,(H,14,15). The Bertz CT molecular complexity index is 285. The second-order valence-electron chi connectivity index (χ2n) is 3.51. The minimum Gasteiger partial charge on any atom is -0.481 e. The number of nitrogens with one attached hydrogen (secondary N) is 2. The van der Waals surface area contributed by atoms with Crippen LogP contribution in [0.3, 0.4) is 0 Å². The molecule has 84 valence electrons. The first-order chi connectivity index (χ1) is 7.18. The van der Waals surface area contributed by atoms with Gasteiger partial charge >= 0.3 is 5.97 Å². The van der Waals surface area contributed by atoms with Crippen LogP contribution in [0.2, 0.25) is 0 Å². The summed E-state index contributed by atoms with van der Waals surface area (Å²) in [7, 11) is 0. The third-order valence-electron chi connectivity index (χ3n) is 2.08. The molecule has 0 fully saturated rings. The molecule has 1 aromatic heterocycles. The number of aliphatic carboxylic acids is 1. The molecule has 15 heavy (non-hydrogen) atoms. The summed E-state index contributed by atoms with van der Waals surface area (Å²) in [5.41, 5.74) is 6.74. The summed E-state index contributed by atoms with van der Waals surface area (Å²) < 4.78 is 0. The number of aromatic nitrogens is 1. The fourth-order valence-corrected chi connectivity index (χ4v) is 1.33. The molecule has 0 radical (unpaired) electrons. The van der Waals surface area contributed by atoms with Crippen molar-refractivity contribution in [2.45, 2.75) is 18.9 Å². The van der Waals surface area contributed by atoms with Crippen LogP contribution in [-0.2, 0) is 11.2 Å². The Morgan fingerprint density at radius 2 is 2.47 bits per heavy atom. The zero-order valence-corrected chi connectivity index (χ0v) is 8.57. The Hall–Kier alpha value is -1.33. The highest BCUT2D eigenvalue weighted by Gasteiger charge is 2.06. The van der Waals surface area contributed by atoms with Crippen LogP contribution in [0.25, 0.3) is 0 Å². The normalized spacial score (nSPS) is 12.6. The van der Waals surface area contributed by atoms with Crippen LogP contribution in [0, 0.1) is 0 Å². The Morgan fingerprint density at radius 3 is 3.07 bits per heavy atom. The third-order valence-corrected chi connectivity index (χ3v) is 2.08. The summed E-state index contributed by atoms with van der Waals surface area (Å²) in [6.07, 6.45) is 2.79. The van der Waals surface area contributed by atoms with Crippen LogP contribution in [0.15, 0.2) is 18.3 Å². The second-order valence-corrected chi connectivity index (χ2v) is 3.51. The lowest BCUT2D eigenvalue weighted by molar-refractivity contribution is -0.137. The van der Waals surface area contributed by atoms with Crippen LogP contribution >= 0.6 is 0 Å². The van der Waals surface area contributed by atoms with E-state index in [2.05, 4.69) is 10.3 Å². The highest BCUT2D eigenvalue weighted by atomic mass is 16.4. The second kappa shape index (κ2) is 6.21. The van der Waals surface area contributed by atoms with Crippen molar-refractivity contribution < 1.29 is 9.90 Å². The smallest absolute Gasteiger partial charge is 0.304 e. The Kier molecular flexibility index (Phi) is 4.86. The highest BCUT2D eigenvalue weighted by Crippen LogP contribution is 1.94. The average Bonchev–Trinajstić information content (AvgIpc) is 2.63. The molecule has 0 aromatic carbocycles. The molecule has 1 heterocycles. The molecule has 1 unspecified atom stereocenters. The van der Waals surface area contributed by atoms with E-state index >= 15 is 0 Å². The Morgan fingerprint density at radius 1 is 1.67 bits per heavy atom. The molecule has 0 spiro atoms. The SMILES string of the molecule is NC(CNCCc1ccc[nH]1)CC(=O)O. The first kappa shape index (κ1) is 11.7. The van der Waals surface area contributed by atoms with Crippen LogP contribution in [0.1, 0.15) is 12.1 Å². The average molecular weight is 211 g/mol. The third kappa shape index (κ3) is 5.19. The van der Waals surface area contributed by atoms with Crippen LogP contribution < -0.4 is 11.1 Å². The van der Waals surface area contributed by atoms with Crippen molar-refractivity contribution in [2.24, 2.45) is 5.73 Å². The summed E-state index contributed by atoms with van der Waals surface area (Å²) in [4.78, 5) is 13.4. The summed E-state index contributed by atoms with van der Waals surface area (Å²) in [6.45, 7) is 1.33. The molecule has 0 amide bonds. The largest absolute Gasteiger partial charge is 0.481 e. The van der Waals surface area contributed by atoms with Crippen LogP contribution in [-0.4, -0.2) is 35.2 Å². The monoisotopic (exact) mass is 211 g/mol. The topological polar surface area (TPSA) is 91.1 Å². The molecule has 0 saturated heterocycles. The molecule has 0 saturated carbocycles. The summed E-state index contributed by atoms with van der Waals surface area (Å²) in [6, 6.07) is 3.65. The molecule has 0 aliphatic rings. The van der Waals surface area contributed by atoms with Gasteiger partial charge in [-0.15, -0.1) is 0 Å². The van der Waals surface area contributed by atoms with Gasteiger partial charge in [0.15, 0.2) is 0 Å². The van der Waals surface area contributed by atoms with Crippen molar-refractivity contribution in [1.29, 1.82) is 0 Å². The van der Waals surface area contributed by atoms with E-state index in [1.54, 1.807) is 0 Å². The number of rotatable bonds is 7. The van der Waals surface area contributed by atoms with E-state index in [4.69, 9.17) is 10.8 Å². The number of H-pyrrole nitrogens is 1. The van der Waals surface area contributed by atoms with Gasteiger partial charge in [0.2, 0.25) is 0 Å². The van der Waals surface area contributed by atoms with Gasteiger partial charge in [-0.2, -0.15) is 0 Å². The maximum Gasteiger partial charge on any atom is 0.304 e. The van der Waals surface area contributed by atoms with Crippen LogP contribution in [0.4, 0.5) is 0 Å². The minimum atomic E-state index is -0.853. The fourth-order valence-electron chi connectivity index (χ4n) is 1.33. The van der Waals surface area contributed by atoms with E-state index in [9.17, 15) is 4.79 Å². The molecule has 0 aliphatic heterocycles. The molecule has 5 nitrogen and oxygen atoms in total. The van der Waals surface area contributed by atoms with E-state index in [1.807, 2.05) is 18.3 Å². The number of nitrogens with two attached hydrogens (primary N) is 1. The van der Waals surface area contributed by atoms with Crippen LogP contribution in [0.5, 0.6) is 0 Å². The lowest BCUT2D eigenvalue weighted by Gasteiger charge is -2.09. The molecule has 5 N–H and O–H groups in total. The zero-order chi connectivity index (χ0) is 11.1. The van der Waals surface area contributed by atoms with Gasteiger partial charge in [-0.3, -0.25) is 4.79 Å². The summed E-state index contributed by atoms with van der Waals surface area (Å²) >= 11 is 0. The molecule has 5 heteroatoms. The molecular formula is C10H17N3O2. The maximum atomic E-state index is 10.3. The van der Waals surface area contributed by atoms with E-state index in [1.165, 1.54) is 0 Å². The molecule has 1 aromatic rings. The molecular weight excluding hydrogens is 194 g/mol. The van der Waals surface area contributed by atoms with E-state index in [-0.39, 0.29) is 12.5 Å². The van der Waals surface area contributed by atoms with Gasteiger partial charge in [0.05, 0.1) is 6.42 Å². The summed E-state index contributed by atoms with van der Waals surface area (Å²) in [5, 5.41) is 11.6. The van der Waals surface area contributed by atoms with Gasteiger partial charge in [0, 0.05) is 31.0 Å². The van der Waals surface area contributed by atoms with Crippen molar-refractivity contribution in [2.75, 3.05) is 13.1 Å². The van der Waals surface area contributed by atoms with Gasteiger partial charge in [0.25, 0.3) is 0 Å². The number of carbonyl (C=O) groups is 1. The number of aromatic amines is 1. The Labute approximate surface area is 88.7 Å². The minimum absolute atomic E-state index is 0.00943. The predicted molar refractivity (Wildman–Crippen MR) is 57.6 cm³/mol. The molecule has 1 rings (SSSR count). The quantitative estimate of drug-likeness (QED) is 0.476. The van der Waals surface area contributed by atoms with Crippen molar-refractivity contribution in [3.05, 3.63) is 24.0 Å². The van der Waals surface area contributed by atoms with Gasteiger partial charge in [-0.05, 0) is 18.6 Å². The fraction of sp³-hybridized carbons (Fsp3) is 0.500. The molecule has 0 bridgehead atoms. The van der Waals surface area contributed by atoms with E-state index in [0.717, 1.165) is 18.7 Å². The van der Waals surface area contributed by atoms with Crippen molar-refractivity contribution in [1.82, 2.24) is 10.3 Å². The molecule has 1 atom stereocenters. The number of carboxylic acid groups (broad SMARTS) is 1. The van der Waals surface area contributed by atoms with E-state index in [0.29, 0.717) is 6.54 Å². The van der Waals surface area contributed by atoms with Crippen molar-refractivity contribution in [3.8, 4) is 0 Å². The maximum absolute atomic E-state index is 10.3. The lowest BCUT2D eigenvalue weighted by atomic mass is 10.2. The Balaban J connectivity index is 2.04. The lowest BCUT2D eigenvalue weighted by Crippen LogP contribution is -2.36. The van der Waals surface area contributed by atoms with Crippen molar-refractivity contribution in [3.63, 3.8) is 0 Å². The molecule has 0 aliphatic carbocycles. The van der Waals surface area contributed by atoms with Gasteiger partial charge in [0.1, 0.15) is 0 Å².